The molecular formula is C25H31ClN6O2. The van der Waals surface area contributed by atoms with Gasteiger partial charge in [-0.15, -0.1) is 0 Å². The summed E-state index contributed by atoms with van der Waals surface area (Å²) in [5, 5.41) is 21.7. The van der Waals surface area contributed by atoms with Crippen molar-refractivity contribution in [3.05, 3.63) is 35.7 Å². The zero-order valence-corrected chi connectivity index (χ0v) is 20.4. The molecule has 5 aliphatic rings. The smallest absolute Gasteiger partial charge is 0.103 e. The number of aliphatic hydroxyl groups excluding tert-OH is 1. The van der Waals surface area contributed by atoms with E-state index in [-0.39, 0.29) is 17.1 Å². The van der Waals surface area contributed by atoms with Crippen molar-refractivity contribution in [1.82, 2.24) is 24.5 Å². The first-order chi connectivity index (χ1) is 16.4. The van der Waals surface area contributed by atoms with Gasteiger partial charge in [0.05, 0.1) is 65.2 Å². The molecule has 1 N–H and O–H groups in total. The normalized spacial score (nSPS) is 35.5. The number of halogens is 1. The van der Waals surface area contributed by atoms with Crippen molar-refractivity contribution < 1.29 is 9.84 Å². The average Bonchev–Trinajstić information content (AvgIpc) is 3.45. The molecule has 2 aromatic heterocycles. The molecule has 5 fully saturated rings. The zero-order chi connectivity index (χ0) is 23.2. The molecule has 4 heterocycles. The van der Waals surface area contributed by atoms with Gasteiger partial charge in [0.25, 0.3) is 0 Å². The van der Waals surface area contributed by atoms with Crippen LogP contribution in [0.1, 0.15) is 33.1 Å². The first-order valence-electron chi connectivity index (χ1n) is 12.4. The van der Waals surface area contributed by atoms with Crippen LogP contribution in [0, 0.1) is 5.92 Å². The molecule has 8 rings (SSSR count). The van der Waals surface area contributed by atoms with Gasteiger partial charge in [0.1, 0.15) is 5.69 Å². The van der Waals surface area contributed by atoms with Crippen LogP contribution in [-0.4, -0.2) is 80.1 Å². The fourth-order valence-electron chi connectivity index (χ4n) is 6.74. The summed E-state index contributed by atoms with van der Waals surface area (Å²) in [6.45, 7) is 7.84. The highest BCUT2D eigenvalue weighted by Crippen LogP contribution is 2.62. The summed E-state index contributed by atoms with van der Waals surface area (Å²) in [4.78, 5) is 4.76. The van der Waals surface area contributed by atoms with Gasteiger partial charge in [-0.05, 0) is 51.2 Å². The van der Waals surface area contributed by atoms with E-state index in [1.165, 1.54) is 19.3 Å². The molecule has 9 heteroatoms. The molecule has 180 valence electrons. The number of hydrogen-bond acceptors (Lipinski definition) is 6. The highest BCUT2D eigenvalue weighted by atomic mass is 35.5. The van der Waals surface area contributed by atoms with E-state index in [4.69, 9.17) is 21.4 Å². The molecule has 2 saturated heterocycles. The first kappa shape index (κ1) is 21.2. The molecule has 8 nitrogen and oxygen atoms in total. The molecule has 3 aromatic rings. The summed E-state index contributed by atoms with van der Waals surface area (Å²) < 4.78 is 9.74. The second-order valence-corrected chi connectivity index (χ2v) is 11.5. The Labute approximate surface area is 204 Å². The lowest BCUT2D eigenvalue weighted by Gasteiger charge is -2.61. The monoisotopic (exact) mass is 482 g/mol. The van der Waals surface area contributed by atoms with Crippen LogP contribution < -0.4 is 4.90 Å². The maximum absolute atomic E-state index is 10.5. The van der Waals surface area contributed by atoms with Gasteiger partial charge in [-0.2, -0.15) is 10.2 Å². The number of piperazine rings is 1. The lowest BCUT2D eigenvalue weighted by molar-refractivity contribution is -0.0977. The van der Waals surface area contributed by atoms with Crippen molar-refractivity contribution in [1.29, 1.82) is 0 Å². The number of rotatable bonds is 4. The van der Waals surface area contributed by atoms with Crippen molar-refractivity contribution >= 4 is 28.2 Å². The summed E-state index contributed by atoms with van der Waals surface area (Å²) in [5.41, 5.74) is 3.00. The van der Waals surface area contributed by atoms with Crippen LogP contribution >= 0.6 is 11.6 Å². The fourth-order valence-corrected chi connectivity index (χ4v) is 7.03. The second-order valence-electron chi connectivity index (χ2n) is 11.1. The summed E-state index contributed by atoms with van der Waals surface area (Å²) >= 11 is 6.78. The predicted molar refractivity (Wildman–Crippen MR) is 131 cm³/mol. The van der Waals surface area contributed by atoms with E-state index in [9.17, 15) is 5.11 Å². The van der Waals surface area contributed by atoms with Crippen molar-refractivity contribution in [3.8, 4) is 5.69 Å². The lowest BCUT2D eigenvalue weighted by atomic mass is 9.50. The van der Waals surface area contributed by atoms with E-state index >= 15 is 0 Å². The van der Waals surface area contributed by atoms with Crippen molar-refractivity contribution in [2.45, 2.75) is 56.3 Å². The number of fused-ring (bicyclic) bond motifs is 1. The summed E-state index contributed by atoms with van der Waals surface area (Å²) in [7, 11) is 0. The van der Waals surface area contributed by atoms with E-state index in [0.29, 0.717) is 13.2 Å². The first-order valence-corrected chi connectivity index (χ1v) is 12.7. The second kappa shape index (κ2) is 7.20. The van der Waals surface area contributed by atoms with Gasteiger partial charge in [-0.25, -0.2) is 4.68 Å². The highest BCUT2D eigenvalue weighted by molar-refractivity contribution is 6.34. The van der Waals surface area contributed by atoms with E-state index in [0.717, 1.165) is 52.9 Å². The van der Waals surface area contributed by atoms with Gasteiger partial charge in [0.2, 0.25) is 0 Å². The summed E-state index contributed by atoms with van der Waals surface area (Å²) in [6, 6.07) is 4.45. The van der Waals surface area contributed by atoms with Gasteiger partial charge >= 0.3 is 0 Å². The van der Waals surface area contributed by atoms with Gasteiger partial charge in [0.15, 0.2) is 0 Å². The van der Waals surface area contributed by atoms with Crippen LogP contribution in [0.15, 0.2) is 30.7 Å². The molecular weight excluding hydrogens is 452 g/mol. The topological polar surface area (TPSA) is 71.6 Å². The number of anilines is 1. The van der Waals surface area contributed by atoms with E-state index in [2.05, 4.69) is 45.7 Å². The maximum atomic E-state index is 10.5. The Morgan fingerprint density at radius 3 is 2.65 bits per heavy atom. The number of aliphatic hydroxyl groups is 1. The Morgan fingerprint density at radius 2 is 1.97 bits per heavy atom. The van der Waals surface area contributed by atoms with Crippen LogP contribution in [0.25, 0.3) is 16.6 Å². The Balaban J connectivity index is 1.17. The van der Waals surface area contributed by atoms with Crippen molar-refractivity contribution in [2.24, 2.45) is 5.92 Å². The quantitative estimate of drug-likeness (QED) is 0.616. The molecule has 0 unspecified atom stereocenters. The zero-order valence-electron chi connectivity index (χ0n) is 19.7. The number of aromatic nitrogens is 4. The standard InChI is InChI=1S/C25H31ClN6O2/c1-16-12-29(3-4-30(16)24(2)15-34-14-23(24)33)22-6-21-18(5-20(22)26)10-28-32(21)19-11-27-31(13-19)25-7-17(8-25)9-25/h5-6,10-11,13,16-17,23,33H,3-4,7-9,12,14-15H2,1-2H3/t16-,17?,23+,24-,25?/m1/s1. The molecule has 0 radical (unpaired) electrons. The largest absolute Gasteiger partial charge is 0.389 e. The van der Waals surface area contributed by atoms with Gasteiger partial charge in [-0.1, -0.05) is 11.6 Å². The number of nitrogens with zero attached hydrogens (tertiary/aromatic N) is 6. The summed E-state index contributed by atoms with van der Waals surface area (Å²) in [5.74, 6) is 0.915. The maximum Gasteiger partial charge on any atom is 0.103 e. The van der Waals surface area contributed by atoms with E-state index in [1.54, 1.807) is 0 Å². The molecule has 3 atom stereocenters. The van der Waals surface area contributed by atoms with Crippen LogP contribution in [0.2, 0.25) is 5.02 Å². The van der Waals surface area contributed by atoms with Gasteiger partial charge in [-0.3, -0.25) is 9.58 Å². The molecule has 2 bridgehead atoms. The molecule has 3 saturated carbocycles. The van der Waals surface area contributed by atoms with Crippen LogP contribution in [0.5, 0.6) is 0 Å². The molecule has 2 aliphatic heterocycles. The molecule has 34 heavy (non-hydrogen) atoms. The van der Waals surface area contributed by atoms with Crippen LogP contribution in [0.3, 0.4) is 0 Å². The van der Waals surface area contributed by atoms with Crippen molar-refractivity contribution in [3.63, 3.8) is 0 Å². The van der Waals surface area contributed by atoms with Gasteiger partial charge < -0.3 is 14.7 Å². The Bertz CT molecular complexity index is 1250. The van der Waals surface area contributed by atoms with Crippen molar-refractivity contribution in [2.75, 3.05) is 37.7 Å². The lowest BCUT2D eigenvalue weighted by Crippen LogP contribution is -2.64. The third kappa shape index (κ3) is 2.89. The fraction of sp³-hybridized carbons (Fsp3) is 0.600. The molecule has 0 spiro atoms. The SMILES string of the molecule is C[C@@H]1CN(c2cc3c(cnn3-c3cnn(C45CC(C4)C5)c3)cc2Cl)CCN1[C@]1(C)COC[C@@H]1O. The highest BCUT2D eigenvalue weighted by Gasteiger charge is 2.58. The number of hydrogen-bond donors (Lipinski definition) is 1. The minimum Gasteiger partial charge on any atom is -0.389 e. The third-order valence-electron chi connectivity index (χ3n) is 8.95. The van der Waals surface area contributed by atoms with E-state index < -0.39 is 6.10 Å². The Kier molecular flexibility index (Phi) is 4.48. The van der Waals surface area contributed by atoms with Crippen LogP contribution in [-0.2, 0) is 10.3 Å². The minimum atomic E-state index is -0.456. The minimum absolute atomic E-state index is 0.262. The average molecular weight is 483 g/mol. The Morgan fingerprint density at radius 1 is 1.15 bits per heavy atom. The predicted octanol–water partition coefficient (Wildman–Crippen LogP) is 3.04. The molecule has 0 amide bonds. The molecule has 1 aromatic carbocycles. The number of benzene rings is 1. The summed E-state index contributed by atoms with van der Waals surface area (Å²) in [6.07, 6.45) is 9.29. The van der Waals surface area contributed by atoms with Gasteiger partial charge in [0, 0.05) is 31.1 Å². The van der Waals surface area contributed by atoms with Crippen LogP contribution in [0.4, 0.5) is 5.69 Å². The molecule has 3 aliphatic carbocycles. The van der Waals surface area contributed by atoms with E-state index in [1.807, 2.05) is 23.1 Å². The third-order valence-corrected chi connectivity index (χ3v) is 9.26. The number of ether oxygens (including phenoxy) is 1. The Hall–Kier alpha value is -2.13.